The summed E-state index contributed by atoms with van der Waals surface area (Å²) in [5.74, 6) is 0.123. The number of phenolic OH excluding ortho intramolecular Hbond substituents is 1. The topological polar surface area (TPSA) is 78.0 Å². The number of benzene rings is 2. The van der Waals surface area contributed by atoms with E-state index in [2.05, 4.69) is 15.3 Å². The summed E-state index contributed by atoms with van der Waals surface area (Å²) in [6.07, 6.45) is 2.39. The third-order valence-corrected chi connectivity index (χ3v) is 4.52. The van der Waals surface area contributed by atoms with Crippen molar-refractivity contribution >= 4 is 27.7 Å². The van der Waals surface area contributed by atoms with Crippen LogP contribution in [0.4, 0.5) is 0 Å². The number of carbonyl (C=O) groups excluding carboxylic acids is 1. The predicted octanol–water partition coefficient (Wildman–Crippen LogP) is 3.84. The molecular formula is C21H19N3O2. The Morgan fingerprint density at radius 3 is 2.73 bits per heavy atom. The van der Waals surface area contributed by atoms with Crippen LogP contribution in [0.2, 0.25) is 0 Å². The van der Waals surface area contributed by atoms with Gasteiger partial charge < -0.3 is 15.4 Å². The smallest absolute Gasteiger partial charge is 0.217 e. The summed E-state index contributed by atoms with van der Waals surface area (Å²) in [6.45, 7) is 1.52. The number of hydrogen-bond donors (Lipinski definition) is 3. The highest BCUT2D eigenvalue weighted by molar-refractivity contribution is 6.08. The van der Waals surface area contributed by atoms with Gasteiger partial charge in [0.2, 0.25) is 5.91 Å². The van der Waals surface area contributed by atoms with Crippen LogP contribution >= 0.6 is 0 Å². The second-order valence-electron chi connectivity index (χ2n) is 6.42. The lowest BCUT2D eigenvalue weighted by atomic mass is 10.0. The molecule has 4 rings (SSSR count). The second kappa shape index (κ2) is 6.52. The number of H-pyrrole nitrogens is 1. The van der Waals surface area contributed by atoms with E-state index >= 15 is 0 Å². The normalized spacial score (nSPS) is 12.3. The molecule has 130 valence electrons. The summed E-state index contributed by atoms with van der Waals surface area (Å²) in [6, 6.07) is 16.9. The zero-order chi connectivity index (χ0) is 18.1. The molecule has 2 heterocycles. The van der Waals surface area contributed by atoms with Gasteiger partial charge in [0, 0.05) is 29.4 Å². The first kappa shape index (κ1) is 16.1. The van der Waals surface area contributed by atoms with E-state index in [1.165, 1.54) is 6.92 Å². The number of aromatic amines is 1. The summed E-state index contributed by atoms with van der Waals surface area (Å²) in [5.41, 5.74) is 3.71. The van der Waals surface area contributed by atoms with Crippen molar-refractivity contribution in [2.24, 2.45) is 0 Å². The molecule has 0 aliphatic heterocycles. The van der Waals surface area contributed by atoms with Crippen LogP contribution in [0, 0.1) is 0 Å². The lowest BCUT2D eigenvalue weighted by molar-refractivity contribution is -0.119. The van der Waals surface area contributed by atoms with Crippen LogP contribution in [0.25, 0.3) is 21.8 Å². The third kappa shape index (κ3) is 2.99. The summed E-state index contributed by atoms with van der Waals surface area (Å²) in [4.78, 5) is 19.7. The molecule has 0 aliphatic rings. The van der Waals surface area contributed by atoms with Gasteiger partial charge in [0.05, 0.1) is 17.3 Å². The van der Waals surface area contributed by atoms with E-state index < -0.39 is 0 Å². The van der Waals surface area contributed by atoms with Crippen LogP contribution in [0.3, 0.4) is 0 Å². The fourth-order valence-corrected chi connectivity index (χ4v) is 3.41. The lowest BCUT2D eigenvalue weighted by Gasteiger charge is -2.18. The first-order valence-corrected chi connectivity index (χ1v) is 8.52. The number of carbonyl (C=O) groups is 1. The number of nitrogens with one attached hydrogen (secondary N) is 2. The molecule has 1 amide bonds. The number of aromatic hydroxyl groups is 1. The fourth-order valence-electron chi connectivity index (χ4n) is 3.41. The highest BCUT2D eigenvalue weighted by Crippen LogP contribution is 2.32. The van der Waals surface area contributed by atoms with Crippen LogP contribution in [0.15, 0.2) is 60.8 Å². The molecule has 5 heteroatoms. The van der Waals surface area contributed by atoms with Crippen molar-refractivity contribution in [3.05, 3.63) is 72.1 Å². The number of rotatable bonds is 4. The van der Waals surface area contributed by atoms with Gasteiger partial charge in [-0.05, 0) is 36.2 Å². The first-order valence-electron chi connectivity index (χ1n) is 8.52. The molecule has 0 radical (unpaired) electrons. The Morgan fingerprint density at radius 2 is 1.96 bits per heavy atom. The fraction of sp³-hybridized carbons (Fsp3) is 0.143. The molecular weight excluding hydrogens is 326 g/mol. The number of phenols is 1. The minimum atomic E-state index is -0.250. The molecule has 2 aromatic heterocycles. The van der Waals surface area contributed by atoms with Gasteiger partial charge in [0.25, 0.3) is 0 Å². The van der Waals surface area contributed by atoms with Crippen molar-refractivity contribution in [1.82, 2.24) is 15.3 Å². The van der Waals surface area contributed by atoms with Gasteiger partial charge in [-0.3, -0.25) is 9.78 Å². The van der Waals surface area contributed by atoms with Crippen LogP contribution in [-0.4, -0.2) is 21.0 Å². The number of nitrogens with zero attached hydrogens (tertiary/aromatic N) is 1. The van der Waals surface area contributed by atoms with Crippen LogP contribution < -0.4 is 5.32 Å². The van der Waals surface area contributed by atoms with Gasteiger partial charge in [-0.15, -0.1) is 0 Å². The lowest BCUT2D eigenvalue weighted by Crippen LogP contribution is -2.28. The summed E-state index contributed by atoms with van der Waals surface area (Å²) < 4.78 is 0. The van der Waals surface area contributed by atoms with Crippen LogP contribution in [-0.2, 0) is 11.2 Å². The minimum Gasteiger partial charge on any atom is -0.508 e. The molecule has 3 N–H and O–H groups in total. The standard InChI is InChI=1S/C21H19N3O2/c1-13(25)23-19(11-14-5-3-2-4-6-14)21-20-16(9-10-22-21)17-12-15(26)7-8-18(17)24-20/h2-10,12,19,24,26H,11H2,1H3,(H,23,25)/t19-/m1/s1. The van der Waals surface area contributed by atoms with Gasteiger partial charge >= 0.3 is 0 Å². The molecule has 0 saturated heterocycles. The van der Waals surface area contributed by atoms with Gasteiger partial charge in [-0.1, -0.05) is 30.3 Å². The highest BCUT2D eigenvalue weighted by atomic mass is 16.3. The zero-order valence-corrected chi connectivity index (χ0v) is 14.4. The number of fused-ring (bicyclic) bond motifs is 3. The third-order valence-electron chi connectivity index (χ3n) is 4.52. The van der Waals surface area contributed by atoms with E-state index in [4.69, 9.17) is 0 Å². The van der Waals surface area contributed by atoms with E-state index in [9.17, 15) is 9.90 Å². The Hall–Kier alpha value is -3.34. The van der Waals surface area contributed by atoms with Crippen molar-refractivity contribution in [2.75, 3.05) is 0 Å². The summed E-state index contributed by atoms with van der Waals surface area (Å²) in [5, 5.41) is 14.7. The Morgan fingerprint density at radius 1 is 1.15 bits per heavy atom. The zero-order valence-electron chi connectivity index (χ0n) is 14.4. The molecule has 26 heavy (non-hydrogen) atoms. The van der Waals surface area contributed by atoms with E-state index in [-0.39, 0.29) is 17.7 Å². The van der Waals surface area contributed by atoms with Crippen molar-refractivity contribution in [3.8, 4) is 5.75 Å². The van der Waals surface area contributed by atoms with Crippen molar-refractivity contribution in [1.29, 1.82) is 0 Å². The number of hydrogen-bond acceptors (Lipinski definition) is 3. The SMILES string of the molecule is CC(=O)N[C@H](Cc1ccccc1)c1nccc2c1[nH]c1ccc(O)cc12. The van der Waals surface area contributed by atoms with Crippen LogP contribution in [0.1, 0.15) is 24.2 Å². The highest BCUT2D eigenvalue weighted by Gasteiger charge is 2.20. The molecule has 0 spiro atoms. The summed E-state index contributed by atoms with van der Waals surface area (Å²) >= 11 is 0. The molecule has 4 aromatic rings. The van der Waals surface area contributed by atoms with E-state index in [1.54, 1.807) is 18.3 Å². The van der Waals surface area contributed by atoms with Crippen molar-refractivity contribution < 1.29 is 9.90 Å². The Balaban J connectivity index is 1.85. The number of aromatic nitrogens is 2. The second-order valence-corrected chi connectivity index (χ2v) is 6.42. The maximum absolute atomic E-state index is 11.8. The van der Waals surface area contributed by atoms with Gasteiger partial charge in [0.1, 0.15) is 5.75 Å². The largest absolute Gasteiger partial charge is 0.508 e. The molecule has 0 fully saturated rings. The molecule has 2 aromatic carbocycles. The maximum Gasteiger partial charge on any atom is 0.217 e. The molecule has 0 unspecified atom stereocenters. The van der Waals surface area contributed by atoms with E-state index in [0.717, 1.165) is 33.1 Å². The average Bonchev–Trinajstić information content (AvgIpc) is 2.99. The summed E-state index contributed by atoms with van der Waals surface area (Å²) in [7, 11) is 0. The van der Waals surface area contributed by atoms with Gasteiger partial charge in [-0.25, -0.2) is 0 Å². The maximum atomic E-state index is 11.8. The number of amides is 1. The van der Waals surface area contributed by atoms with E-state index in [1.807, 2.05) is 42.5 Å². The molecule has 0 bridgehead atoms. The van der Waals surface area contributed by atoms with Gasteiger partial charge in [-0.2, -0.15) is 0 Å². The quantitative estimate of drug-likeness (QED) is 0.526. The molecule has 5 nitrogen and oxygen atoms in total. The Kier molecular flexibility index (Phi) is 4.05. The van der Waals surface area contributed by atoms with Crippen molar-refractivity contribution in [2.45, 2.75) is 19.4 Å². The monoisotopic (exact) mass is 345 g/mol. The van der Waals surface area contributed by atoms with E-state index in [0.29, 0.717) is 6.42 Å². The minimum absolute atomic E-state index is 0.0986. The van der Waals surface area contributed by atoms with Crippen molar-refractivity contribution in [3.63, 3.8) is 0 Å². The average molecular weight is 345 g/mol. The molecule has 1 atom stereocenters. The van der Waals surface area contributed by atoms with Gasteiger partial charge in [0.15, 0.2) is 0 Å². The Labute approximate surface area is 150 Å². The molecule has 0 saturated carbocycles. The van der Waals surface area contributed by atoms with Crippen LogP contribution in [0.5, 0.6) is 5.75 Å². The predicted molar refractivity (Wildman–Crippen MR) is 102 cm³/mol. The number of pyridine rings is 1. The first-order chi connectivity index (χ1) is 12.6. The molecule has 0 aliphatic carbocycles. The Bertz CT molecular complexity index is 1090.